The van der Waals surface area contributed by atoms with Crippen molar-refractivity contribution in [3.8, 4) is 0 Å². The number of benzene rings is 1. The fourth-order valence-corrected chi connectivity index (χ4v) is 4.14. The summed E-state index contributed by atoms with van der Waals surface area (Å²) in [6, 6.07) is 6.36. The van der Waals surface area contributed by atoms with Crippen molar-refractivity contribution in [1.29, 1.82) is 0 Å². The van der Waals surface area contributed by atoms with Gasteiger partial charge in [-0.1, -0.05) is 0 Å². The van der Waals surface area contributed by atoms with E-state index < -0.39 is 0 Å². The van der Waals surface area contributed by atoms with Crippen molar-refractivity contribution in [2.45, 2.75) is 19.8 Å². The second-order valence-corrected chi connectivity index (χ2v) is 8.13. The lowest BCUT2D eigenvalue weighted by molar-refractivity contribution is -0.120. The molecule has 2 aliphatic heterocycles. The third-order valence-corrected chi connectivity index (χ3v) is 6.00. The van der Waals surface area contributed by atoms with Gasteiger partial charge in [0, 0.05) is 63.0 Å². The molecule has 0 bridgehead atoms. The number of piperidine rings is 1. The number of amides is 1. The van der Waals surface area contributed by atoms with Crippen molar-refractivity contribution in [3.05, 3.63) is 42.4 Å². The number of nitrogens with zero attached hydrogens (tertiary/aromatic N) is 5. The molecular weight excluding hydrogens is 364 g/mol. The minimum atomic E-state index is -0.0394. The van der Waals surface area contributed by atoms with Gasteiger partial charge in [0.2, 0.25) is 5.91 Å². The Bertz CT molecular complexity index is 834. The van der Waals surface area contributed by atoms with Gasteiger partial charge >= 0.3 is 0 Å². The minimum Gasteiger partial charge on any atom is -0.369 e. The molecule has 0 spiro atoms. The summed E-state index contributed by atoms with van der Waals surface area (Å²) in [6.45, 7) is 7.93. The Kier molecular flexibility index (Phi) is 5.94. The Labute approximate surface area is 172 Å². The summed E-state index contributed by atoms with van der Waals surface area (Å²) < 4.78 is 0. The zero-order chi connectivity index (χ0) is 20.2. The molecule has 0 aliphatic carbocycles. The zero-order valence-corrected chi connectivity index (χ0v) is 17.3. The van der Waals surface area contributed by atoms with E-state index in [2.05, 4.69) is 56.1 Å². The Balaban J connectivity index is 1.39. The zero-order valence-electron chi connectivity index (χ0n) is 17.3. The molecular formula is C22H30N6O. The molecule has 3 heterocycles. The lowest BCUT2D eigenvalue weighted by Crippen LogP contribution is -2.44. The van der Waals surface area contributed by atoms with Gasteiger partial charge in [-0.05, 0) is 50.6 Å². The summed E-state index contributed by atoms with van der Waals surface area (Å²) >= 11 is 0. The van der Waals surface area contributed by atoms with E-state index >= 15 is 0 Å². The second-order valence-electron chi connectivity index (χ2n) is 8.13. The molecule has 2 fully saturated rings. The number of aromatic nitrogens is 2. The minimum absolute atomic E-state index is 0.0394. The Morgan fingerprint density at radius 1 is 1.10 bits per heavy atom. The van der Waals surface area contributed by atoms with Crippen molar-refractivity contribution >= 4 is 23.1 Å². The van der Waals surface area contributed by atoms with E-state index in [0.717, 1.165) is 62.6 Å². The van der Waals surface area contributed by atoms with Crippen LogP contribution in [0.1, 0.15) is 18.4 Å². The van der Waals surface area contributed by atoms with Crippen LogP contribution in [0.4, 0.5) is 17.2 Å². The van der Waals surface area contributed by atoms with Crippen LogP contribution in [0.5, 0.6) is 0 Å². The van der Waals surface area contributed by atoms with Crippen LogP contribution in [-0.4, -0.2) is 67.1 Å². The van der Waals surface area contributed by atoms with Gasteiger partial charge in [0.05, 0.1) is 12.1 Å². The molecule has 0 radical (unpaired) electrons. The number of nitrogens with one attached hydrogen (secondary N) is 1. The van der Waals surface area contributed by atoms with E-state index in [0.29, 0.717) is 6.54 Å². The van der Waals surface area contributed by atoms with E-state index in [1.165, 1.54) is 5.69 Å². The average molecular weight is 395 g/mol. The van der Waals surface area contributed by atoms with Crippen LogP contribution < -0.4 is 15.1 Å². The smallest absolute Gasteiger partial charge is 0.229 e. The molecule has 1 N–H and O–H groups in total. The largest absolute Gasteiger partial charge is 0.369 e. The fraction of sp³-hybridized carbons (Fsp3) is 0.500. The number of hydrogen-bond acceptors (Lipinski definition) is 6. The normalized spacial score (nSPS) is 20.6. The van der Waals surface area contributed by atoms with Gasteiger partial charge in [-0.25, -0.2) is 4.98 Å². The van der Waals surface area contributed by atoms with E-state index in [1.54, 1.807) is 18.6 Å². The van der Waals surface area contributed by atoms with Crippen molar-refractivity contribution in [1.82, 2.24) is 14.9 Å². The van der Waals surface area contributed by atoms with Gasteiger partial charge in [0.25, 0.3) is 0 Å². The molecule has 2 aliphatic rings. The first-order chi connectivity index (χ1) is 14.1. The molecule has 154 valence electrons. The molecule has 29 heavy (non-hydrogen) atoms. The predicted octanol–water partition coefficient (Wildman–Crippen LogP) is 2.39. The van der Waals surface area contributed by atoms with E-state index in [4.69, 9.17) is 0 Å². The molecule has 1 aromatic heterocycles. The monoisotopic (exact) mass is 394 g/mol. The third-order valence-electron chi connectivity index (χ3n) is 6.00. The van der Waals surface area contributed by atoms with Crippen LogP contribution >= 0.6 is 0 Å². The number of anilines is 3. The average Bonchev–Trinajstić information content (AvgIpc) is 2.76. The molecule has 1 atom stereocenters. The maximum atomic E-state index is 12.9. The highest BCUT2D eigenvalue weighted by molar-refractivity contribution is 5.94. The van der Waals surface area contributed by atoms with Crippen molar-refractivity contribution < 1.29 is 4.79 Å². The van der Waals surface area contributed by atoms with Gasteiger partial charge in [0.15, 0.2) is 0 Å². The maximum absolute atomic E-state index is 12.9. The van der Waals surface area contributed by atoms with Crippen molar-refractivity contribution in [2.24, 2.45) is 5.92 Å². The fourth-order valence-electron chi connectivity index (χ4n) is 4.14. The Morgan fingerprint density at radius 2 is 1.93 bits per heavy atom. The van der Waals surface area contributed by atoms with Crippen molar-refractivity contribution in [3.63, 3.8) is 0 Å². The van der Waals surface area contributed by atoms with Crippen LogP contribution in [0, 0.1) is 12.8 Å². The second kappa shape index (κ2) is 8.78. The SMILES string of the molecule is Cc1cc(N2CCN(C)CC2)ccc1NC(=O)C1CCCN(c2cnccn2)C1. The van der Waals surface area contributed by atoms with Gasteiger partial charge in [-0.15, -0.1) is 0 Å². The van der Waals surface area contributed by atoms with Gasteiger partial charge in [-0.3, -0.25) is 9.78 Å². The number of carbonyl (C=O) groups excluding carboxylic acids is 1. The lowest BCUT2D eigenvalue weighted by atomic mass is 9.97. The standard InChI is InChI=1S/C22H30N6O/c1-17-14-19(27-12-10-26(2)11-13-27)5-6-20(17)25-22(29)18-4-3-9-28(16-18)21-15-23-7-8-24-21/h5-8,14-15,18H,3-4,9-13,16H2,1-2H3,(H,25,29). The number of carbonyl (C=O) groups is 1. The Hall–Kier alpha value is -2.67. The number of rotatable bonds is 4. The number of hydrogen-bond donors (Lipinski definition) is 1. The van der Waals surface area contributed by atoms with Gasteiger partial charge < -0.3 is 20.0 Å². The quantitative estimate of drug-likeness (QED) is 0.859. The number of piperazine rings is 1. The summed E-state index contributed by atoms with van der Waals surface area (Å²) in [5, 5.41) is 3.16. The van der Waals surface area contributed by atoms with Crippen LogP contribution in [-0.2, 0) is 4.79 Å². The molecule has 1 amide bonds. The summed E-state index contributed by atoms with van der Waals surface area (Å²) in [6.07, 6.45) is 7.02. The molecule has 7 nitrogen and oxygen atoms in total. The molecule has 2 aromatic rings. The van der Waals surface area contributed by atoms with Crippen LogP contribution in [0.2, 0.25) is 0 Å². The van der Waals surface area contributed by atoms with Crippen molar-refractivity contribution in [2.75, 3.05) is 61.4 Å². The Morgan fingerprint density at radius 3 is 2.66 bits per heavy atom. The number of likely N-dealkylation sites (N-methyl/N-ethyl adjacent to an activating group) is 1. The summed E-state index contributed by atoms with van der Waals surface area (Å²) in [5.41, 5.74) is 3.25. The van der Waals surface area contributed by atoms with E-state index in [-0.39, 0.29) is 11.8 Å². The summed E-state index contributed by atoms with van der Waals surface area (Å²) in [5.74, 6) is 0.897. The first-order valence-corrected chi connectivity index (χ1v) is 10.5. The van der Waals surface area contributed by atoms with Crippen LogP contribution in [0.25, 0.3) is 0 Å². The lowest BCUT2D eigenvalue weighted by Gasteiger charge is -2.34. The molecule has 0 saturated carbocycles. The van der Waals surface area contributed by atoms with E-state index in [1.807, 2.05) is 6.07 Å². The highest BCUT2D eigenvalue weighted by atomic mass is 16.1. The summed E-state index contributed by atoms with van der Waals surface area (Å²) in [4.78, 5) is 28.4. The molecule has 1 aromatic carbocycles. The highest BCUT2D eigenvalue weighted by Gasteiger charge is 2.27. The first kappa shape index (κ1) is 19.6. The summed E-state index contributed by atoms with van der Waals surface area (Å²) in [7, 11) is 2.16. The van der Waals surface area contributed by atoms with Crippen LogP contribution in [0.15, 0.2) is 36.8 Å². The predicted molar refractivity (Wildman–Crippen MR) is 116 cm³/mol. The number of aryl methyl sites for hydroxylation is 1. The highest BCUT2D eigenvalue weighted by Crippen LogP contribution is 2.26. The topological polar surface area (TPSA) is 64.6 Å². The maximum Gasteiger partial charge on any atom is 0.229 e. The molecule has 4 rings (SSSR count). The first-order valence-electron chi connectivity index (χ1n) is 10.5. The van der Waals surface area contributed by atoms with Gasteiger partial charge in [0.1, 0.15) is 5.82 Å². The third kappa shape index (κ3) is 4.67. The molecule has 7 heteroatoms. The van der Waals surface area contributed by atoms with Crippen LogP contribution in [0.3, 0.4) is 0 Å². The van der Waals surface area contributed by atoms with Gasteiger partial charge in [-0.2, -0.15) is 0 Å². The molecule has 2 saturated heterocycles. The molecule has 1 unspecified atom stereocenters. The van der Waals surface area contributed by atoms with E-state index in [9.17, 15) is 4.79 Å².